The lowest BCUT2D eigenvalue weighted by atomic mass is 9.99. The Bertz CT molecular complexity index is 841. The number of esters is 2. The van der Waals surface area contributed by atoms with Crippen LogP contribution in [0.25, 0.3) is 0 Å². The van der Waals surface area contributed by atoms with E-state index >= 15 is 0 Å². The van der Waals surface area contributed by atoms with Gasteiger partial charge in [-0.25, -0.2) is 0 Å². The average molecular weight is 671 g/mol. The Balaban J connectivity index is 2.42. The van der Waals surface area contributed by atoms with Crippen molar-refractivity contribution < 1.29 is 49.0 Å². The van der Waals surface area contributed by atoms with Gasteiger partial charge in [0.1, 0.15) is 31.0 Å². The summed E-state index contributed by atoms with van der Waals surface area (Å²) in [6, 6.07) is 0. The minimum absolute atomic E-state index is 0.212. The van der Waals surface area contributed by atoms with Crippen LogP contribution in [0.2, 0.25) is 0 Å². The van der Waals surface area contributed by atoms with E-state index in [1.54, 1.807) is 0 Å². The van der Waals surface area contributed by atoms with Gasteiger partial charge in [-0.2, -0.15) is 0 Å². The molecule has 274 valence electrons. The van der Waals surface area contributed by atoms with Crippen LogP contribution in [0, 0.1) is 0 Å². The van der Waals surface area contributed by atoms with E-state index in [4.69, 9.17) is 18.9 Å². The molecule has 0 aliphatic carbocycles. The monoisotopic (exact) mass is 670 g/mol. The number of aliphatic hydroxyl groups excluding tert-OH is 4. The maximum atomic E-state index is 12.6. The molecule has 1 saturated heterocycles. The van der Waals surface area contributed by atoms with Crippen molar-refractivity contribution in [3.05, 3.63) is 17.9 Å². The molecule has 0 bridgehead atoms. The number of aliphatic hydroxyl groups is 4. The summed E-state index contributed by atoms with van der Waals surface area (Å²) >= 11 is 0. The number of unbranched alkanes of at least 4 members (excludes halogenated alkanes) is 16. The van der Waals surface area contributed by atoms with Crippen LogP contribution >= 0.6 is 0 Å². The van der Waals surface area contributed by atoms with E-state index in [9.17, 15) is 30.0 Å². The van der Waals surface area contributed by atoms with Gasteiger partial charge in [0.15, 0.2) is 12.4 Å². The zero-order valence-corrected chi connectivity index (χ0v) is 29.3. The lowest BCUT2D eigenvalue weighted by Gasteiger charge is -2.39. The van der Waals surface area contributed by atoms with Crippen molar-refractivity contribution in [2.75, 3.05) is 19.8 Å². The minimum atomic E-state index is -1.59. The number of carbonyl (C=O) groups excluding carboxylic acids is 2. The molecule has 4 N–H and O–H groups in total. The maximum absolute atomic E-state index is 12.6. The topological polar surface area (TPSA) is 152 Å². The second kappa shape index (κ2) is 29.2. The molecule has 10 heteroatoms. The summed E-state index contributed by atoms with van der Waals surface area (Å²) in [5.74, 6) is -0.835. The van der Waals surface area contributed by atoms with Crippen LogP contribution in [0.1, 0.15) is 149 Å². The van der Waals surface area contributed by atoms with Crippen molar-refractivity contribution >= 4 is 11.9 Å². The molecule has 0 spiro atoms. The highest BCUT2D eigenvalue weighted by Crippen LogP contribution is 2.22. The van der Waals surface area contributed by atoms with E-state index in [1.165, 1.54) is 51.4 Å². The van der Waals surface area contributed by atoms with Gasteiger partial charge in [0.05, 0.1) is 13.2 Å². The van der Waals surface area contributed by atoms with Crippen LogP contribution < -0.4 is 0 Å². The first-order valence-electron chi connectivity index (χ1n) is 18.5. The summed E-state index contributed by atoms with van der Waals surface area (Å²) in [7, 11) is 0. The third kappa shape index (κ3) is 21.7. The lowest BCUT2D eigenvalue weighted by Crippen LogP contribution is -2.59. The summed E-state index contributed by atoms with van der Waals surface area (Å²) < 4.78 is 21.9. The molecule has 10 nitrogen and oxygen atoms in total. The molecule has 0 saturated carbocycles. The molecule has 0 radical (unpaired) electrons. The molecule has 0 aromatic rings. The highest BCUT2D eigenvalue weighted by atomic mass is 16.7. The van der Waals surface area contributed by atoms with Gasteiger partial charge in [0, 0.05) is 12.8 Å². The third-order valence-corrected chi connectivity index (χ3v) is 8.42. The van der Waals surface area contributed by atoms with Gasteiger partial charge in [-0.1, -0.05) is 97.3 Å². The van der Waals surface area contributed by atoms with Crippen molar-refractivity contribution in [1.82, 2.24) is 0 Å². The highest BCUT2D eigenvalue weighted by Gasteiger charge is 2.44. The SMILES string of the molecule is CCCCCCCC=C=CCCCCCCCC(=O)O[C@H](COC(=O)CCCCCCCCC)CO[C@H]1O[C@@H](CO)[C@@H](O)C(O)C1O. The first-order chi connectivity index (χ1) is 22.8. The number of hydrogen-bond acceptors (Lipinski definition) is 10. The predicted octanol–water partition coefficient (Wildman–Crippen LogP) is 6.20. The van der Waals surface area contributed by atoms with E-state index in [-0.39, 0.29) is 32.0 Å². The van der Waals surface area contributed by atoms with Crippen LogP contribution in [-0.2, 0) is 28.5 Å². The van der Waals surface area contributed by atoms with Gasteiger partial charge in [-0.3, -0.25) is 9.59 Å². The zero-order chi connectivity index (χ0) is 34.5. The molecular weight excluding hydrogens is 604 g/mol. The van der Waals surface area contributed by atoms with Crippen LogP contribution in [0.3, 0.4) is 0 Å². The smallest absolute Gasteiger partial charge is 0.306 e. The maximum Gasteiger partial charge on any atom is 0.306 e. The molecule has 1 aliphatic rings. The second-order valence-corrected chi connectivity index (χ2v) is 12.8. The van der Waals surface area contributed by atoms with Crippen LogP contribution in [0.4, 0.5) is 0 Å². The Morgan fingerprint density at radius 2 is 1.19 bits per heavy atom. The van der Waals surface area contributed by atoms with Gasteiger partial charge >= 0.3 is 11.9 Å². The number of allylic oxidation sites excluding steroid dienone is 1. The van der Waals surface area contributed by atoms with Gasteiger partial charge < -0.3 is 39.4 Å². The Kier molecular flexibility index (Phi) is 26.8. The van der Waals surface area contributed by atoms with Gasteiger partial charge in [0.2, 0.25) is 0 Å². The number of hydrogen-bond donors (Lipinski definition) is 4. The van der Waals surface area contributed by atoms with Crippen molar-refractivity contribution in [3.63, 3.8) is 0 Å². The van der Waals surface area contributed by atoms with Crippen LogP contribution in [0.15, 0.2) is 17.9 Å². The van der Waals surface area contributed by atoms with Crippen molar-refractivity contribution in [2.24, 2.45) is 0 Å². The molecule has 0 aromatic carbocycles. The number of rotatable bonds is 29. The largest absolute Gasteiger partial charge is 0.462 e. The molecule has 0 aromatic heterocycles. The summed E-state index contributed by atoms with van der Waals surface area (Å²) in [6.07, 6.45) is 17.4. The fourth-order valence-electron chi connectivity index (χ4n) is 5.40. The van der Waals surface area contributed by atoms with Crippen LogP contribution in [-0.4, -0.2) is 89.0 Å². The molecule has 1 rings (SSSR count). The Morgan fingerprint density at radius 3 is 1.74 bits per heavy atom. The molecular formula is C37H66O10. The molecule has 1 fully saturated rings. The second-order valence-electron chi connectivity index (χ2n) is 12.8. The molecule has 2 unspecified atom stereocenters. The van der Waals surface area contributed by atoms with E-state index in [0.29, 0.717) is 6.42 Å². The fourth-order valence-corrected chi connectivity index (χ4v) is 5.40. The highest BCUT2D eigenvalue weighted by molar-refractivity contribution is 5.70. The van der Waals surface area contributed by atoms with Crippen LogP contribution in [0.5, 0.6) is 0 Å². The standard InChI is InChI=1S/C37H66O10/c1-3-5-7-9-11-12-13-14-15-16-17-18-20-22-24-26-33(40)46-30(28-44-32(39)25-23-21-19-10-8-6-4-2)29-45-37-36(43)35(42)34(41)31(27-38)47-37/h13,15,30-31,34-38,41-43H,3-12,16-29H2,1-2H3/t14?,30-,31+,34-,35?,36?,37+/m1/s1. The van der Waals surface area contributed by atoms with E-state index in [1.807, 2.05) is 0 Å². The third-order valence-electron chi connectivity index (χ3n) is 8.42. The first-order valence-corrected chi connectivity index (χ1v) is 18.5. The first kappa shape index (κ1) is 43.2. The van der Waals surface area contributed by atoms with E-state index < -0.39 is 49.4 Å². The molecule has 6 atom stereocenters. The Hall–Kier alpha value is -1.78. The summed E-state index contributed by atoms with van der Waals surface area (Å²) in [6.45, 7) is 3.31. The zero-order valence-electron chi connectivity index (χ0n) is 29.3. The molecule has 1 heterocycles. The Labute approximate surface area is 283 Å². The molecule has 47 heavy (non-hydrogen) atoms. The summed E-state index contributed by atoms with van der Waals surface area (Å²) in [5.41, 5.74) is 3.28. The average Bonchev–Trinajstić information content (AvgIpc) is 3.06. The van der Waals surface area contributed by atoms with Crippen molar-refractivity contribution in [2.45, 2.75) is 185 Å². The Morgan fingerprint density at radius 1 is 0.681 bits per heavy atom. The number of carbonyl (C=O) groups is 2. The van der Waals surface area contributed by atoms with Crippen molar-refractivity contribution in [3.8, 4) is 0 Å². The predicted molar refractivity (Wildman–Crippen MR) is 182 cm³/mol. The minimum Gasteiger partial charge on any atom is -0.462 e. The molecule has 1 aliphatic heterocycles. The van der Waals surface area contributed by atoms with E-state index in [0.717, 1.165) is 64.2 Å². The summed E-state index contributed by atoms with van der Waals surface area (Å²) in [4.78, 5) is 25.0. The summed E-state index contributed by atoms with van der Waals surface area (Å²) in [5, 5.41) is 39.8. The van der Waals surface area contributed by atoms with Crippen molar-refractivity contribution in [1.29, 1.82) is 0 Å². The van der Waals surface area contributed by atoms with E-state index in [2.05, 4.69) is 31.7 Å². The van der Waals surface area contributed by atoms with Gasteiger partial charge in [-0.05, 0) is 50.7 Å². The fraction of sp³-hybridized carbons (Fsp3) is 0.865. The normalized spacial score (nSPS) is 21.5. The number of ether oxygens (including phenoxy) is 4. The quantitative estimate of drug-likeness (QED) is 0.0411. The van der Waals surface area contributed by atoms with Gasteiger partial charge in [-0.15, -0.1) is 5.73 Å². The lowest BCUT2D eigenvalue weighted by molar-refractivity contribution is -0.305. The van der Waals surface area contributed by atoms with Gasteiger partial charge in [0.25, 0.3) is 0 Å². The molecule has 0 amide bonds.